The quantitative estimate of drug-likeness (QED) is 0.580. The number of benzene rings is 1. The lowest BCUT2D eigenvalue weighted by atomic mass is 10.0. The first-order valence-electron chi connectivity index (χ1n) is 9.10. The molecule has 9 nitrogen and oxygen atoms in total. The zero-order chi connectivity index (χ0) is 22.8. The molecule has 2 heterocycles. The van der Waals surface area contributed by atoms with Gasteiger partial charge in [0.15, 0.2) is 0 Å². The highest BCUT2D eigenvalue weighted by molar-refractivity contribution is 7.90. The summed E-state index contributed by atoms with van der Waals surface area (Å²) in [5, 5.41) is 8.91. The number of anilines is 1. The van der Waals surface area contributed by atoms with Crippen LogP contribution in [0.5, 0.6) is 0 Å². The zero-order valence-corrected chi connectivity index (χ0v) is 18.6. The van der Waals surface area contributed by atoms with E-state index in [0.29, 0.717) is 11.4 Å². The van der Waals surface area contributed by atoms with Gasteiger partial charge in [0.2, 0.25) is 5.91 Å². The zero-order valence-electron chi connectivity index (χ0n) is 16.9. The Kier molecular flexibility index (Phi) is 6.09. The van der Waals surface area contributed by atoms with Crippen LogP contribution in [0.4, 0.5) is 5.69 Å². The average Bonchev–Trinajstić information content (AvgIpc) is 3.22. The van der Waals surface area contributed by atoms with Gasteiger partial charge in [0.05, 0.1) is 9.77 Å². The minimum Gasteiger partial charge on any atom is -0.324 e. The molecule has 2 aromatic heterocycles. The molecule has 11 heteroatoms. The summed E-state index contributed by atoms with van der Waals surface area (Å²) in [6.45, 7) is 4.22. The topological polar surface area (TPSA) is 127 Å². The van der Waals surface area contributed by atoms with E-state index in [9.17, 15) is 22.8 Å². The van der Waals surface area contributed by atoms with Crippen molar-refractivity contribution >= 4 is 38.9 Å². The Labute approximate surface area is 182 Å². The van der Waals surface area contributed by atoms with Crippen molar-refractivity contribution in [1.82, 2.24) is 14.5 Å². The molecule has 0 bridgehead atoms. The summed E-state index contributed by atoms with van der Waals surface area (Å²) in [4.78, 5) is 37.1. The van der Waals surface area contributed by atoms with Gasteiger partial charge in [-0.15, -0.1) is 11.3 Å². The summed E-state index contributed by atoms with van der Waals surface area (Å²) in [6.07, 6.45) is 0. The van der Waals surface area contributed by atoms with Crippen molar-refractivity contribution in [2.45, 2.75) is 31.2 Å². The van der Waals surface area contributed by atoms with Gasteiger partial charge in [-0.1, -0.05) is 6.07 Å². The number of sulfonamides is 1. The molecule has 2 amide bonds. The highest BCUT2D eigenvalue weighted by Crippen LogP contribution is 2.23. The van der Waals surface area contributed by atoms with Crippen LogP contribution in [0, 0.1) is 0 Å². The van der Waals surface area contributed by atoms with E-state index in [4.69, 9.17) is 0 Å². The lowest BCUT2D eigenvalue weighted by Crippen LogP contribution is -2.47. The molecule has 162 valence electrons. The van der Waals surface area contributed by atoms with E-state index >= 15 is 0 Å². The number of hydrogen-bond donors (Lipinski definition) is 2. The number of carbonyl (C=O) groups excluding carboxylic acids is 2. The molecule has 0 unspecified atom stereocenters. The maximum Gasteiger partial charge on any atom is 0.267 e. The maximum absolute atomic E-state index is 12.9. The summed E-state index contributed by atoms with van der Waals surface area (Å²) in [5.41, 5.74) is -0.867. The second-order valence-corrected chi connectivity index (χ2v) is 9.78. The highest BCUT2D eigenvalue weighted by Gasteiger charge is 2.32. The van der Waals surface area contributed by atoms with Gasteiger partial charge in [-0.05, 0) is 55.6 Å². The molecule has 0 radical (unpaired) electrons. The average molecular weight is 461 g/mol. The first kappa shape index (κ1) is 22.4. The van der Waals surface area contributed by atoms with Gasteiger partial charge < -0.3 is 5.32 Å². The van der Waals surface area contributed by atoms with E-state index in [2.05, 4.69) is 10.4 Å². The molecule has 0 aliphatic heterocycles. The van der Waals surface area contributed by atoms with Crippen LogP contribution in [-0.2, 0) is 25.2 Å². The number of nitrogens with zero attached hydrogens (tertiary/aromatic N) is 2. The summed E-state index contributed by atoms with van der Waals surface area (Å²) >= 11 is 1.47. The molecule has 1 aromatic carbocycles. The number of hydrogen-bond acceptors (Lipinski definition) is 7. The fourth-order valence-corrected chi connectivity index (χ4v) is 4.39. The van der Waals surface area contributed by atoms with E-state index in [1.54, 1.807) is 19.9 Å². The first-order chi connectivity index (χ1) is 14.5. The van der Waals surface area contributed by atoms with Crippen molar-refractivity contribution in [1.29, 1.82) is 0 Å². The van der Waals surface area contributed by atoms with E-state index in [0.717, 1.165) is 16.5 Å². The minimum atomic E-state index is -3.97. The second kappa shape index (κ2) is 8.44. The predicted molar refractivity (Wildman–Crippen MR) is 117 cm³/mol. The maximum atomic E-state index is 12.9. The van der Waals surface area contributed by atoms with Crippen LogP contribution < -0.4 is 15.6 Å². The van der Waals surface area contributed by atoms with Gasteiger partial charge in [0, 0.05) is 18.7 Å². The number of amides is 2. The lowest BCUT2D eigenvalue weighted by Gasteiger charge is -2.25. The monoisotopic (exact) mass is 460 g/mol. The van der Waals surface area contributed by atoms with Crippen LogP contribution in [0.3, 0.4) is 0 Å². The van der Waals surface area contributed by atoms with Crippen LogP contribution in [0.15, 0.2) is 63.6 Å². The smallest absolute Gasteiger partial charge is 0.267 e. The SMILES string of the molecule is CC(=O)NS(=O)(=O)c1ccc(NC(=O)C(C)(C)n2nc(-c3cccs3)ccc2=O)cc1. The Balaban J connectivity index is 1.84. The molecule has 0 aliphatic rings. The Morgan fingerprint density at radius 1 is 1.06 bits per heavy atom. The molecule has 0 spiro atoms. The van der Waals surface area contributed by atoms with Crippen molar-refractivity contribution in [3.05, 3.63) is 64.3 Å². The van der Waals surface area contributed by atoms with Gasteiger partial charge in [0.25, 0.3) is 21.5 Å². The van der Waals surface area contributed by atoms with Crippen molar-refractivity contribution in [2.24, 2.45) is 0 Å². The molecule has 0 aliphatic carbocycles. The van der Waals surface area contributed by atoms with Crippen LogP contribution in [0.25, 0.3) is 10.6 Å². The third-order valence-corrected chi connectivity index (χ3v) is 6.70. The number of thiophene rings is 1. The third kappa shape index (κ3) is 4.89. The van der Waals surface area contributed by atoms with Crippen molar-refractivity contribution < 1.29 is 18.0 Å². The van der Waals surface area contributed by atoms with E-state index in [-0.39, 0.29) is 4.90 Å². The Bertz CT molecular complexity index is 1280. The number of carbonyl (C=O) groups is 2. The molecular formula is C20H20N4O5S2. The molecular weight excluding hydrogens is 440 g/mol. The van der Waals surface area contributed by atoms with Gasteiger partial charge in [-0.2, -0.15) is 5.10 Å². The summed E-state index contributed by atoms with van der Waals surface area (Å²) < 4.78 is 27.0. The molecule has 0 saturated carbocycles. The Morgan fingerprint density at radius 3 is 2.32 bits per heavy atom. The fourth-order valence-electron chi connectivity index (χ4n) is 2.71. The normalized spacial score (nSPS) is 11.7. The number of rotatable bonds is 6. The minimum absolute atomic E-state index is 0.124. The Morgan fingerprint density at radius 2 is 1.74 bits per heavy atom. The molecule has 31 heavy (non-hydrogen) atoms. The standard InChI is InChI=1S/C20H20N4O5S2/c1-13(25)23-31(28,29)15-8-6-14(7-9-15)21-19(27)20(2,3)24-18(26)11-10-16(22-24)17-5-4-12-30-17/h4-12H,1-3H3,(H,21,27)(H,23,25). The molecule has 3 rings (SSSR count). The lowest BCUT2D eigenvalue weighted by molar-refractivity contribution is -0.123. The molecule has 2 N–H and O–H groups in total. The van der Waals surface area contributed by atoms with E-state index in [1.807, 2.05) is 22.2 Å². The van der Waals surface area contributed by atoms with Gasteiger partial charge in [-0.3, -0.25) is 14.4 Å². The van der Waals surface area contributed by atoms with Crippen molar-refractivity contribution in [3.63, 3.8) is 0 Å². The van der Waals surface area contributed by atoms with Gasteiger partial charge in [-0.25, -0.2) is 17.8 Å². The van der Waals surface area contributed by atoms with Crippen molar-refractivity contribution in [3.8, 4) is 10.6 Å². The Hall–Kier alpha value is -3.31. The van der Waals surface area contributed by atoms with E-state index < -0.39 is 32.9 Å². The van der Waals surface area contributed by atoms with E-state index in [1.165, 1.54) is 41.7 Å². The van der Waals surface area contributed by atoms with Crippen LogP contribution in [0.2, 0.25) is 0 Å². The summed E-state index contributed by atoms with van der Waals surface area (Å²) in [7, 11) is -3.97. The van der Waals surface area contributed by atoms with Crippen LogP contribution in [-0.4, -0.2) is 30.0 Å². The highest BCUT2D eigenvalue weighted by atomic mass is 32.2. The molecule has 0 fully saturated rings. The largest absolute Gasteiger partial charge is 0.324 e. The molecule has 0 atom stereocenters. The number of aromatic nitrogens is 2. The number of nitrogens with one attached hydrogen (secondary N) is 2. The predicted octanol–water partition coefficient (Wildman–Crippen LogP) is 2.17. The third-order valence-electron chi connectivity index (χ3n) is 4.36. The summed E-state index contributed by atoms with van der Waals surface area (Å²) in [5.74, 6) is -1.22. The van der Waals surface area contributed by atoms with Crippen LogP contribution >= 0.6 is 11.3 Å². The van der Waals surface area contributed by atoms with Gasteiger partial charge >= 0.3 is 0 Å². The molecule has 0 saturated heterocycles. The van der Waals surface area contributed by atoms with Gasteiger partial charge in [0.1, 0.15) is 11.2 Å². The molecule has 3 aromatic rings. The summed E-state index contributed by atoms with van der Waals surface area (Å²) in [6, 6.07) is 12.0. The fraction of sp³-hybridized carbons (Fsp3) is 0.200. The van der Waals surface area contributed by atoms with Crippen LogP contribution in [0.1, 0.15) is 20.8 Å². The van der Waals surface area contributed by atoms with Crippen molar-refractivity contribution in [2.75, 3.05) is 5.32 Å². The first-order valence-corrected chi connectivity index (χ1v) is 11.5. The second-order valence-electron chi connectivity index (χ2n) is 7.15.